The maximum atomic E-state index is 2.37. The van der Waals surface area contributed by atoms with Crippen molar-refractivity contribution in [3.8, 4) is 0 Å². The molecule has 0 spiro atoms. The van der Waals surface area contributed by atoms with E-state index < -0.39 is 0 Å². The van der Waals surface area contributed by atoms with Gasteiger partial charge in [0.15, 0.2) is 0 Å². The van der Waals surface area contributed by atoms with Crippen molar-refractivity contribution < 1.29 is 9.47 Å². The van der Waals surface area contributed by atoms with Crippen molar-refractivity contribution in [2.75, 3.05) is 0 Å². The number of halogens is 2. The number of hydrogen-bond donors (Lipinski definition) is 0. The molecular formula is C6H4I2S4V. The van der Waals surface area contributed by atoms with Crippen LogP contribution >= 0.6 is 87.0 Å². The SMILES string of the molecule is C1=CSC(=C2SC=CS2)S1.[I][V][I]. The summed E-state index contributed by atoms with van der Waals surface area (Å²) in [7, 11) is 0.628. The second kappa shape index (κ2) is 8.78. The molecule has 2 rings (SSSR count). The van der Waals surface area contributed by atoms with E-state index in [1.165, 1.54) is 8.47 Å². The second-order valence-electron chi connectivity index (χ2n) is 1.65. The molecule has 0 saturated heterocycles. The first-order chi connectivity index (χ1) is 6.38. The molecular weight excluding hydrogens is 505 g/mol. The van der Waals surface area contributed by atoms with Crippen LogP contribution in [0.3, 0.4) is 0 Å². The monoisotopic (exact) mass is 509 g/mol. The summed E-state index contributed by atoms with van der Waals surface area (Å²) in [5.74, 6) is 0. The number of thioether (sulfide) groups is 4. The molecule has 0 bridgehead atoms. The van der Waals surface area contributed by atoms with Crippen LogP contribution in [0.1, 0.15) is 0 Å². The minimum atomic E-state index is 0.628. The van der Waals surface area contributed by atoms with Crippen molar-refractivity contribution in [3.63, 3.8) is 0 Å². The molecule has 0 fully saturated rings. The Balaban J connectivity index is 0.000000251. The first-order valence-corrected chi connectivity index (χ1v) is 15.5. The Morgan fingerprint density at radius 1 is 0.769 bits per heavy atom. The van der Waals surface area contributed by atoms with Crippen LogP contribution in [0.5, 0.6) is 0 Å². The van der Waals surface area contributed by atoms with E-state index in [4.69, 9.17) is 0 Å². The summed E-state index contributed by atoms with van der Waals surface area (Å²) >= 11 is 12.0. The predicted molar refractivity (Wildman–Crippen MR) is 83.7 cm³/mol. The van der Waals surface area contributed by atoms with Crippen molar-refractivity contribution in [1.29, 1.82) is 0 Å². The average molecular weight is 509 g/mol. The molecule has 0 aliphatic carbocycles. The average Bonchev–Trinajstić information content (AvgIpc) is 2.78. The minimum absolute atomic E-state index is 0.628. The summed E-state index contributed by atoms with van der Waals surface area (Å²) in [4.78, 5) is 0. The third-order valence-corrected chi connectivity index (χ3v) is 5.76. The van der Waals surface area contributed by atoms with Gasteiger partial charge in [0.25, 0.3) is 0 Å². The van der Waals surface area contributed by atoms with Gasteiger partial charge in [-0.3, -0.25) is 0 Å². The van der Waals surface area contributed by atoms with Gasteiger partial charge >= 0.3 is 49.4 Å². The van der Waals surface area contributed by atoms with Crippen LogP contribution in [0.2, 0.25) is 0 Å². The number of rotatable bonds is 0. The summed E-state index contributed by atoms with van der Waals surface area (Å²) in [6.45, 7) is 0. The molecule has 0 amide bonds. The number of hydrogen-bond acceptors (Lipinski definition) is 4. The Kier molecular flexibility index (Phi) is 9.27. The van der Waals surface area contributed by atoms with E-state index in [0.717, 1.165) is 0 Å². The Labute approximate surface area is 124 Å². The van der Waals surface area contributed by atoms with E-state index in [1.807, 2.05) is 47.0 Å². The summed E-state index contributed by atoms with van der Waals surface area (Å²) in [5, 5.41) is 8.53. The molecule has 2 heterocycles. The van der Waals surface area contributed by atoms with Gasteiger partial charge < -0.3 is 0 Å². The molecule has 2 aliphatic rings. The molecule has 0 atom stereocenters. The van der Waals surface area contributed by atoms with Gasteiger partial charge in [-0.05, 0) is 21.6 Å². The molecule has 0 N–H and O–H groups in total. The van der Waals surface area contributed by atoms with Gasteiger partial charge in [0, 0.05) is 0 Å². The molecule has 13 heavy (non-hydrogen) atoms. The molecule has 0 nitrogen and oxygen atoms in total. The summed E-state index contributed by atoms with van der Waals surface area (Å²) in [5.41, 5.74) is 0. The topological polar surface area (TPSA) is 0 Å². The molecule has 0 unspecified atom stereocenters. The standard InChI is InChI=1S/C6H4S4.2HI.V/c1-2-8-5(7-1)6-9-3-4-10-6;;;/h1-4H;2*1H;/q;;;+2/p-2. The van der Waals surface area contributed by atoms with E-state index in [2.05, 4.69) is 61.6 Å². The van der Waals surface area contributed by atoms with Crippen molar-refractivity contribution in [2.45, 2.75) is 0 Å². The van der Waals surface area contributed by atoms with Crippen LogP contribution in [-0.2, 0) is 9.47 Å². The summed E-state index contributed by atoms with van der Waals surface area (Å²) in [6, 6.07) is 0. The zero-order valence-electron chi connectivity index (χ0n) is 6.15. The molecule has 0 saturated carbocycles. The van der Waals surface area contributed by atoms with Crippen LogP contribution in [0.15, 0.2) is 30.1 Å². The van der Waals surface area contributed by atoms with E-state index >= 15 is 0 Å². The first kappa shape index (κ1) is 13.7. The molecule has 2 aliphatic heterocycles. The van der Waals surface area contributed by atoms with Gasteiger partial charge in [0.2, 0.25) is 0 Å². The first-order valence-electron chi connectivity index (χ1n) is 3.01. The molecule has 71 valence electrons. The van der Waals surface area contributed by atoms with E-state index in [0.29, 0.717) is 9.47 Å². The summed E-state index contributed by atoms with van der Waals surface area (Å²) in [6.07, 6.45) is 0. The molecule has 7 heteroatoms. The Hall–Kier alpha value is 2.66. The van der Waals surface area contributed by atoms with Crippen LogP contribution in [0.25, 0.3) is 0 Å². The molecule has 0 aromatic heterocycles. The molecule has 0 aromatic carbocycles. The van der Waals surface area contributed by atoms with Crippen LogP contribution in [0.4, 0.5) is 0 Å². The quantitative estimate of drug-likeness (QED) is 0.380. The van der Waals surface area contributed by atoms with Crippen molar-refractivity contribution in [3.05, 3.63) is 30.1 Å². The van der Waals surface area contributed by atoms with E-state index in [1.54, 1.807) is 0 Å². The molecule has 0 aromatic rings. The van der Waals surface area contributed by atoms with Gasteiger partial charge in [-0.25, -0.2) is 0 Å². The Morgan fingerprint density at radius 2 is 1.00 bits per heavy atom. The third kappa shape index (κ3) is 5.51. The third-order valence-electron chi connectivity index (χ3n) is 0.978. The fourth-order valence-corrected chi connectivity index (χ4v) is 4.64. The Morgan fingerprint density at radius 3 is 1.23 bits per heavy atom. The van der Waals surface area contributed by atoms with Gasteiger partial charge in [0.1, 0.15) is 0 Å². The van der Waals surface area contributed by atoms with Crippen LogP contribution < -0.4 is 0 Å². The normalized spacial score (nSPS) is 18.9. The van der Waals surface area contributed by atoms with Gasteiger partial charge in [0.05, 0.1) is 8.47 Å². The zero-order chi connectivity index (χ0) is 9.52. The maximum absolute atomic E-state index is 2.37. The van der Waals surface area contributed by atoms with Crippen LogP contribution in [0, 0.1) is 0 Å². The van der Waals surface area contributed by atoms with Gasteiger partial charge in [-0.1, -0.05) is 47.0 Å². The second-order valence-corrected chi connectivity index (χ2v) is 17.6. The fourth-order valence-electron chi connectivity index (χ4n) is 0.606. The van der Waals surface area contributed by atoms with Crippen molar-refractivity contribution in [2.24, 2.45) is 0 Å². The van der Waals surface area contributed by atoms with E-state index in [-0.39, 0.29) is 0 Å². The van der Waals surface area contributed by atoms with Gasteiger partial charge in [-0.15, -0.1) is 0 Å². The van der Waals surface area contributed by atoms with Crippen molar-refractivity contribution >= 4 is 87.0 Å². The van der Waals surface area contributed by atoms with E-state index in [9.17, 15) is 0 Å². The zero-order valence-corrected chi connectivity index (χ0v) is 15.1. The van der Waals surface area contributed by atoms with Crippen molar-refractivity contribution in [1.82, 2.24) is 0 Å². The van der Waals surface area contributed by atoms with Gasteiger partial charge in [-0.2, -0.15) is 0 Å². The van der Waals surface area contributed by atoms with Crippen LogP contribution in [-0.4, -0.2) is 0 Å². The predicted octanol–water partition coefficient (Wildman–Crippen LogP) is 5.78. The molecule has 0 radical (unpaired) electrons. The summed E-state index contributed by atoms with van der Waals surface area (Å²) < 4.78 is 2.86. The Bertz CT molecular complexity index is 207. The fraction of sp³-hybridized carbons (Fsp3) is 0.